The normalized spacial score (nSPS) is 18.0. The largest absolute Gasteiger partial charge is 0.469 e. The Hall–Kier alpha value is -1.02. The van der Waals surface area contributed by atoms with Crippen molar-refractivity contribution in [3.63, 3.8) is 0 Å². The quantitative estimate of drug-likeness (QED) is 0.280. The number of furan rings is 1. The van der Waals surface area contributed by atoms with Crippen LogP contribution in [0.2, 0.25) is 0 Å². The topological polar surface area (TPSA) is 44.0 Å². The molecule has 0 spiro atoms. The first-order valence-corrected chi connectivity index (χ1v) is 9.00. The molecule has 1 aliphatic heterocycles. The van der Waals surface area contributed by atoms with Crippen molar-refractivity contribution in [1.29, 1.82) is 0 Å². The third kappa shape index (κ3) is 7.40. The monoisotopic (exact) mass is 460 g/mol. The van der Waals surface area contributed by atoms with E-state index in [0.29, 0.717) is 12.6 Å². The highest BCUT2D eigenvalue weighted by Crippen LogP contribution is 2.17. The number of likely N-dealkylation sites (tertiary alicyclic amines) is 1. The fraction of sp³-hybridized carbons (Fsp3) is 0.632. The van der Waals surface area contributed by atoms with Gasteiger partial charge in [-0.15, -0.1) is 24.0 Å². The van der Waals surface area contributed by atoms with Crippen LogP contribution in [0.3, 0.4) is 0 Å². The van der Waals surface area contributed by atoms with Gasteiger partial charge < -0.3 is 14.6 Å². The van der Waals surface area contributed by atoms with Gasteiger partial charge in [0.05, 0.1) is 12.8 Å². The molecule has 0 amide bonds. The first-order valence-electron chi connectivity index (χ1n) is 9.00. The Morgan fingerprint density at radius 3 is 2.96 bits per heavy atom. The molecule has 6 heteroatoms. The Labute approximate surface area is 169 Å². The number of aliphatic imine (C=N–C) groups is 1. The summed E-state index contributed by atoms with van der Waals surface area (Å²) in [7, 11) is 2.13. The van der Waals surface area contributed by atoms with Gasteiger partial charge in [0.2, 0.25) is 0 Å². The van der Waals surface area contributed by atoms with Gasteiger partial charge in [0.1, 0.15) is 5.76 Å². The average molecular weight is 460 g/mol. The van der Waals surface area contributed by atoms with Crippen molar-refractivity contribution < 1.29 is 4.42 Å². The zero-order valence-corrected chi connectivity index (χ0v) is 18.2. The molecular formula is C19H33IN4O. The molecule has 25 heavy (non-hydrogen) atoms. The third-order valence-corrected chi connectivity index (χ3v) is 4.48. The highest BCUT2D eigenvalue weighted by atomic mass is 127. The first kappa shape index (κ1) is 22.0. The van der Waals surface area contributed by atoms with Crippen molar-refractivity contribution in [3.8, 4) is 0 Å². The molecule has 1 atom stereocenters. The van der Waals surface area contributed by atoms with Gasteiger partial charge in [0.15, 0.2) is 5.96 Å². The lowest BCUT2D eigenvalue weighted by molar-refractivity contribution is 0.232. The highest BCUT2D eigenvalue weighted by molar-refractivity contribution is 14.0. The molecule has 1 unspecified atom stereocenters. The van der Waals surface area contributed by atoms with Crippen molar-refractivity contribution in [1.82, 2.24) is 15.1 Å². The molecule has 0 radical (unpaired) electrons. The highest BCUT2D eigenvalue weighted by Gasteiger charge is 2.24. The van der Waals surface area contributed by atoms with Crippen LogP contribution in [-0.2, 0) is 6.42 Å². The van der Waals surface area contributed by atoms with Crippen molar-refractivity contribution in [2.75, 3.05) is 39.8 Å². The SMILES string of the molecule is C=C(C)CN=C(NCCc1ccco1)N(C)CC1CCCN1CC.I. The maximum atomic E-state index is 5.40. The lowest BCUT2D eigenvalue weighted by Crippen LogP contribution is -2.46. The Kier molecular flexibility index (Phi) is 10.2. The zero-order chi connectivity index (χ0) is 17.4. The average Bonchev–Trinajstić information content (AvgIpc) is 3.21. The molecule has 1 aromatic rings. The van der Waals surface area contributed by atoms with E-state index in [1.54, 1.807) is 6.26 Å². The van der Waals surface area contributed by atoms with E-state index in [-0.39, 0.29) is 24.0 Å². The Bertz CT molecular complexity index is 530. The van der Waals surface area contributed by atoms with E-state index in [2.05, 4.69) is 35.7 Å². The molecule has 142 valence electrons. The van der Waals surface area contributed by atoms with Crippen LogP contribution in [0.15, 0.2) is 40.0 Å². The maximum Gasteiger partial charge on any atom is 0.194 e. The summed E-state index contributed by atoms with van der Waals surface area (Å²) in [6.07, 6.45) is 5.16. The Balaban J connectivity index is 0.00000312. The zero-order valence-electron chi connectivity index (χ0n) is 15.8. The van der Waals surface area contributed by atoms with Crippen LogP contribution >= 0.6 is 24.0 Å². The lowest BCUT2D eigenvalue weighted by Gasteiger charge is -2.30. The number of hydrogen-bond donors (Lipinski definition) is 1. The van der Waals surface area contributed by atoms with E-state index in [0.717, 1.165) is 43.3 Å². The number of halogens is 1. The molecule has 2 rings (SSSR count). The van der Waals surface area contributed by atoms with E-state index in [4.69, 9.17) is 9.41 Å². The first-order chi connectivity index (χ1) is 11.6. The second-order valence-electron chi connectivity index (χ2n) is 6.66. The minimum Gasteiger partial charge on any atom is -0.469 e. The van der Waals surface area contributed by atoms with Crippen LogP contribution in [0.25, 0.3) is 0 Å². The molecule has 1 saturated heterocycles. The van der Waals surface area contributed by atoms with Crippen LogP contribution in [-0.4, -0.2) is 61.6 Å². The Morgan fingerprint density at radius 1 is 1.52 bits per heavy atom. The standard InChI is InChI=1S/C19H32N4O.HI/c1-5-23-12-6-8-17(23)15-22(4)19(21-14-16(2)3)20-11-10-18-9-7-13-24-18;/h7,9,13,17H,2,5-6,8,10-12,14-15H2,1,3-4H3,(H,20,21);1H. The van der Waals surface area contributed by atoms with Crippen molar-refractivity contribution in [2.24, 2.45) is 4.99 Å². The van der Waals surface area contributed by atoms with Crippen molar-refractivity contribution in [3.05, 3.63) is 36.3 Å². The second-order valence-corrected chi connectivity index (χ2v) is 6.66. The summed E-state index contributed by atoms with van der Waals surface area (Å²) in [5.74, 6) is 1.95. The van der Waals surface area contributed by atoms with Gasteiger partial charge >= 0.3 is 0 Å². The summed E-state index contributed by atoms with van der Waals surface area (Å²) in [4.78, 5) is 9.54. The number of rotatable bonds is 8. The summed E-state index contributed by atoms with van der Waals surface area (Å²) >= 11 is 0. The van der Waals surface area contributed by atoms with Gasteiger partial charge in [-0.2, -0.15) is 0 Å². The lowest BCUT2D eigenvalue weighted by atomic mass is 10.2. The summed E-state index contributed by atoms with van der Waals surface area (Å²) < 4.78 is 5.40. The number of likely N-dealkylation sites (N-methyl/N-ethyl adjacent to an activating group) is 2. The number of nitrogens with zero attached hydrogens (tertiary/aromatic N) is 3. The Morgan fingerprint density at radius 2 is 2.32 bits per heavy atom. The van der Waals surface area contributed by atoms with Gasteiger partial charge in [0, 0.05) is 32.6 Å². The summed E-state index contributed by atoms with van der Waals surface area (Å²) in [6, 6.07) is 4.56. The van der Waals surface area contributed by atoms with E-state index < -0.39 is 0 Å². The molecule has 0 aromatic carbocycles. The van der Waals surface area contributed by atoms with E-state index >= 15 is 0 Å². The van der Waals surface area contributed by atoms with Crippen LogP contribution in [0.4, 0.5) is 0 Å². The van der Waals surface area contributed by atoms with Crippen LogP contribution in [0, 0.1) is 0 Å². The van der Waals surface area contributed by atoms with Crippen molar-refractivity contribution in [2.45, 2.75) is 39.2 Å². The number of nitrogens with one attached hydrogen (secondary N) is 1. The summed E-state index contributed by atoms with van der Waals surface area (Å²) in [5.41, 5.74) is 1.07. The molecule has 1 aromatic heterocycles. The molecule has 1 N–H and O–H groups in total. The predicted molar refractivity (Wildman–Crippen MR) is 116 cm³/mol. The summed E-state index contributed by atoms with van der Waals surface area (Å²) in [5, 5.41) is 3.48. The minimum absolute atomic E-state index is 0. The molecule has 0 saturated carbocycles. The molecular weight excluding hydrogens is 427 g/mol. The minimum atomic E-state index is 0. The second kappa shape index (κ2) is 11.6. The van der Waals surface area contributed by atoms with Crippen molar-refractivity contribution >= 4 is 29.9 Å². The smallest absolute Gasteiger partial charge is 0.194 e. The summed E-state index contributed by atoms with van der Waals surface area (Å²) in [6.45, 7) is 13.1. The number of hydrogen-bond acceptors (Lipinski definition) is 3. The van der Waals surface area contributed by atoms with Gasteiger partial charge in [0.25, 0.3) is 0 Å². The molecule has 0 aliphatic carbocycles. The van der Waals surface area contributed by atoms with Crippen LogP contribution in [0.1, 0.15) is 32.4 Å². The van der Waals surface area contributed by atoms with E-state index in [9.17, 15) is 0 Å². The van der Waals surface area contributed by atoms with E-state index in [1.807, 2.05) is 19.1 Å². The van der Waals surface area contributed by atoms with Gasteiger partial charge in [-0.25, -0.2) is 4.99 Å². The number of guanidine groups is 1. The third-order valence-electron chi connectivity index (χ3n) is 4.48. The maximum absolute atomic E-state index is 5.40. The van der Waals surface area contributed by atoms with E-state index in [1.165, 1.54) is 19.4 Å². The molecule has 1 fully saturated rings. The van der Waals surface area contributed by atoms with Crippen LogP contribution in [0.5, 0.6) is 0 Å². The van der Waals surface area contributed by atoms with Crippen LogP contribution < -0.4 is 5.32 Å². The fourth-order valence-electron chi connectivity index (χ4n) is 3.19. The predicted octanol–water partition coefficient (Wildman–Crippen LogP) is 3.38. The molecule has 2 heterocycles. The molecule has 1 aliphatic rings. The van der Waals surface area contributed by atoms with Gasteiger partial charge in [-0.3, -0.25) is 4.90 Å². The fourth-order valence-corrected chi connectivity index (χ4v) is 3.19. The van der Waals surface area contributed by atoms with Gasteiger partial charge in [-0.05, 0) is 45.0 Å². The molecule has 0 bridgehead atoms. The van der Waals surface area contributed by atoms with Gasteiger partial charge in [-0.1, -0.05) is 19.1 Å². The molecule has 5 nitrogen and oxygen atoms in total.